The van der Waals surface area contributed by atoms with Crippen LogP contribution in [0.2, 0.25) is 5.02 Å². The molecule has 0 bridgehead atoms. The molecule has 0 heterocycles. The molecule has 0 unspecified atom stereocenters. The number of halogens is 1. The second-order valence-electron chi connectivity index (χ2n) is 2.78. The summed E-state index contributed by atoms with van der Waals surface area (Å²) in [6, 6.07) is 13.3. The fourth-order valence-electron chi connectivity index (χ4n) is 1.35. The second kappa shape index (κ2) is 3.08. The van der Waals surface area contributed by atoms with Gasteiger partial charge in [0, 0.05) is 5.02 Å². The van der Waals surface area contributed by atoms with Crippen LogP contribution in [-0.4, -0.2) is 0 Å². The van der Waals surface area contributed by atoms with E-state index in [1.54, 1.807) is 12.1 Å². The third-order valence-corrected chi connectivity index (χ3v) is 2.20. The van der Waals surface area contributed by atoms with Gasteiger partial charge in [-0.15, -0.1) is 0 Å². The summed E-state index contributed by atoms with van der Waals surface area (Å²) in [7, 11) is 0. The molecule has 0 amide bonds. The van der Waals surface area contributed by atoms with Crippen LogP contribution in [0.5, 0.6) is 0 Å². The zero-order valence-electron chi connectivity index (χ0n) is 6.79. The molecule has 2 aromatic carbocycles. The molecule has 2 heteroatoms. The van der Waals surface area contributed by atoms with Gasteiger partial charge in [0.2, 0.25) is 0 Å². The molecular formula is C11H6ClN. The molecule has 0 fully saturated rings. The van der Waals surface area contributed by atoms with E-state index in [0.29, 0.717) is 10.6 Å². The number of nitrogens with zero attached hydrogens (tertiary/aromatic N) is 1. The zero-order chi connectivity index (χ0) is 9.26. The lowest BCUT2D eigenvalue weighted by Gasteiger charge is -1.99. The van der Waals surface area contributed by atoms with E-state index in [1.807, 2.05) is 24.3 Å². The van der Waals surface area contributed by atoms with Crippen molar-refractivity contribution in [2.24, 2.45) is 0 Å². The molecule has 0 aliphatic carbocycles. The van der Waals surface area contributed by atoms with Crippen molar-refractivity contribution >= 4 is 22.4 Å². The van der Waals surface area contributed by atoms with Gasteiger partial charge in [-0.3, -0.25) is 0 Å². The van der Waals surface area contributed by atoms with Gasteiger partial charge in [0.15, 0.2) is 0 Å². The first-order valence-corrected chi connectivity index (χ1v) is 4.27. The van der Waals surface area contributed by atoms with Gasteiger partial charge in [-0.1, -0.05) is 29.8 Å². The Morgan fingerprint density at radius 2 is 2.00 bits per heavy atom. The van der Waals surface area contributed by atoms with Crippen molar-refractivity contribution in [2.45, 2.75) is 0 Å². The van der Waals surface area contributed by atoms with Gasteiger partial charge in [0.05, 0.1) is 11.6 Å². The highest BCUT2D eigenvalue weighted by atomic mass is 35.5. The summed E-state index contributed by atoms with van der Waals surface area (Å²) in [5, 5.41) is 11.5. The molecule has 62 valence electrons. The van der Waals surface area contributed by atoms with E-state index >= 15 is 0 Å². The normalized spacial score (nSPS) is 9.85. The molecule has 0 radical (unpaired) electrons. The van der Waals surface area contributed by atoms with Crippen LogP contribution in [0.1, 0.15) is 5.56 Å². The summed E-state index contributed by atoms with van der Waals surface area (Å²) in [5.74, 6) is 0. The number of rotatable bonds is 0. The molecule has 13 heavy (non-hydrogen) atoms. The minimum Gasteiger partial charge on any atom is -0.192 e. The van der Waals surface area contributed by atoms with Crippen LogP contribution in [0.3, 0.4) is 0 Å². The topological polar surface area (TPSA) is 23.8 Å². The summed E-state index contributed by atoms with van der Waals surface area (Å²) < 4.78 is 0. The molecule has 0 spiro atoms. The number of nitriles is 1. The zero-order valence-corrected chi connectivity index (χ0v) is 7.55. The van der Waals surface area contributed by atoms with E-state index in [-0.39, 0.29) is 0 Å². The molecule has 0 N–H and O–H groups in total. The van der Waals surface area contributed by atoms with Crippen molar-refractivity contribution in [2.75, 3.05) is 0 Å². The standard InChI is InChI=1S/C11H6ClN/c12-10-4-5-11-8(6-10)2-1-3-9(11)7-13/h1-6H. The van der Waals surface area contributed by atoms with Crippen molar-refractivity contribution in [3.05, 3.63) is 47.0 Å². The third kappa shape index (κ3) is 1.37. The smallest absolute Gasteiger partial charge is 0.0998 e. The predicted octanol–water partition coefficient (Wildman–Crippen LogP) is 3.36. The van der Waals surface area contributed by atoms with Gasteiger partial charge in [-0.05, 0) is 29.0 Å². The number of hydrogen-bond acceptors (Lipinski definition) is 1. The lowest BCUT2D eigenvalue weighted by atomic mass is 10.1. The van der Waals surface area contributed by atoms with Crippen LogP contribution < -0.4 is 0 Å². The highest BCUT2D eigenvalue weighted by Gasteiger charge is 1.99. The van der Waals surface area contributed by atoms with Crippen molar-refractivity contribution in [3.8, 4) is 6.07 Å². The molecule has 1 nitrogen and oxygen atoms in total. The van der Waals surface area contributed by atoms with E-state index < -0.39 is 0 Å². The quantitative estimate of drug-likeness (QED) is 0.621. The van der Waals surface area contributed by atoms with Crippen LogP contribution in [0.25, 0.3) is 10.8 Å². The highest BCUT2D eigenvalue weighted by molar-refractivity contribution is 6.31. The Kier molecular flexibility index (Phi) is 1.92. The first-order valence-electron chi connectivity index (χ1n) is 3.89. The second-order valence-corrected chi connectivity index (χ2v) is 3.22. The van der Waals surface area contributed by atoms with Gasteiger partial charge >= 0.3 is 0 Å². The minimum absolute atomic E-state index is 0.689. The Morgan fingerprint density at radius 1 is 1.15 bits per heavy atom. The van der Waals surface area contributed by atoms with Crippen LogP contribution in [0, 0.1) is 11.3 Å². The van der Waals surface area contributed by atoms with Gasteiger partial charge in [-0.2, -0.15) is 5.26 Å². The molecule has 2 rings (SSSR count). The van der Waals surface area contributed by atoms with Crippen molar-refractivity contribution in [3.63, 3.8) is 0 Å². The first-order chi connectivity index (χ1) is 6.31. The molecule has 0 aliphatic heterocycles. The summed E-state index contributed by atoms with van der Waals surface area (Å²) in [6.45, 7) is 0. The summed E-state index contributed by atoms with van der Waals surface area (Å²) in [6.07, 6.45) is 0. The highest BCUT2D eigenvalue weighted by Crippen LogP contribution is 2.21. The number of benzene rings is 2. The van der Waals surface area contributed by atoms with Crippen LogP contribution in [0.4, 0.5) is 0 Å². The lowest BCUT2D eigenvalue weighted by Crippen LogP contribution is -1.78. The summed E-state index contributed by atoms with van der Waals surface area (Å²) in [4.78, 5) is 0. The van der Waals surface area contributed by atoms with Crippen molar-refractivity contribution < 1.29 is 0 Å². The Labute approximate surface area is 81.2 Å². The van der Waals surface area contributed by atoms with Gasteiger partial charge in [-0.25, -0.2) is 0 Å². The van der Waals surface area contributed by atoms with Gasteiger partial charge in [0.25, 0.3) is 0 Å². The van der Waals surface area contributed by atoms with Crippen molar-refractivity contribution in [1.29, 1.82) is 5.26 Å². The van der Waals surface area contributed by atoms with Crippen LogP contribution in [-0.2, 0) is 0 Å². The Morgan fingerprint density at radius 3 is 2.77 bits per heavy atom. The molecule has 0 saturated heterocycles. The molecule has 0 atom stereocenters. The number of hydrogen-bond donors (Lipinski definition) is 0. The Balaban J connectivity index is 2.87. The summed E-state index contributed by atoms with van der Waals surface area (Å²) in [5.41, 5.74) is 0.689. The van der Waals surface area contributed by atoms with Crippen molar-refractivity contribution in [1.82, 2.24) is 0 Å². The average molecular weight is 188 g/mol. The lowest BCUT2D eigenvalue weighted by molar-refractivity contribution is 1.50. The largest absolute Gasteiger partial charge is 0.192 e. The van der Waals surface area contributed by atoms with E-state index in [1.165, 1.54) is 0 Å². The Hall–Kier alpha value is -1.52. The molecule has 0 aliphatic rings. The van der Waals surface area contributed by atoms with E-state index in [0.717, 1.165) is 10.8 Å². The fourth-order valence-corrected chi connectivity index (χ4v) is 1.53. The maximum absolute atomic E-state index is 8.82. The minimum atomic E-state index is 0.689. The maximum Gasteiger partial charge on any atom is 0.0998 e. The predicted molar refractivity (Wildman–Crippen MR) is 53.7 cm³/mol. The van der Waals surface area contributed by atoms with Crippen LogP contribution in [0.15, 0.2) is 36.4 Å². The summed E-state index contributed by atoms with van der Waals surface area (Å²) >= 11 is 5.83. The van der Waals surface area contributed by atoms with Gasteiger partial charge in [0.1, 0.15) is 0 Å². The van der Waals surface area contributed by atoms with Crippen LogP contribution >= 0.6 is 11.6 Å². The first kappa shape index (κ1) is 8.10. The fraction of sp³-hybridized carbons (Fsp3) is 0. The maximum atomic E-state index is 8.82. The number of fused-ring (bicyclic) bond motifs is 1. The Bertz CT molecular complexity index is 497. The molecule has 0 saturated carbocycles. The molecule has 0 aromatic heterocycles. The van der Waals surface area contributed by atoms with Gasteiger partial charge < -0.3 is 0 Å². The third-order valence-electron chi connectivity index (χ3n) is 1.96. The average Bonchev–Trinajstić information content (AvgIpc) is 2.16. The van der Waals surface area contributed by atoms with E-state index in [9.17, 15) is 0 Å². The van der Waals surface area contributed by atoms with E-state index in [4.69, 9.17) is 16.9 Å². The molecule has 2 aromatic rings. The SMILES string of the molecule is N#Cc1cccc2cc(Cl)ccc12. The monoisotopic (exact) mass is 187 g/mol. The molecular weight excluding hydrogens is 182 g/mol. The van der Waals surface area contributed by atoms with E-state index in [2.05, 4.69) is 6.07 Å².